The third-order valence-corrected chi connectivity index (χ3v) is 6.58. The number of methoxy groups -OCH3 is 1. The van der Waals surface area contributed by atoms with E-state index < -0.39 is 0 Å². The van der Waals surface area contributed by atoms with Crippen LogP contribution in [0.25, 0.3) is 11.3 Å². The van der Waals surface area contributed by atoms with Gasteiger partial charge in [0.05, 0.1) is 18.7 Å². The van der Waals surface area contributed by atoms with Gasteiger partial charge in [0.1, 0.15) is 5.75 Å². The van der Waals surface area contributed by atoms with E-state index in [9.17, 15) is 4.79 Å². The van der Waals surface area contributed by atoms with Gasteiger partial charge in [0.25, 0.3) is 0 Å². The zero-order valence-corrected chi connectivity index (χ0v) is 17.4. The Morgan fingerprint density at radius 1 is 1.21 bits per heavy atom. The Balaban J connectivity index is 1.36. The molecule has 2 aliphatic rings. The van der Waals surface area contributed by atoms with Crippen molar-refractivity contribution in [3.8, 4) is 17.0 Å². The van der Waals surface area contributed by atoms with E-state index >= 15 is 0 Å². The van der Waals surface area contributed by atoms with E-state index in [-0.39, 0.29) is 11.8 Å². The molecule has 0 saturated carbocycles. The highest BCUT2D eigenvalue weighted by atomic mass is 32.1. The Morgan fingerprint density at radius 3 is 2.75 bits per heavy atom. The van der Waals surface area contributed by atoms with E-state index in [1.807, 2.05) is 29.6 Å². The maximum absolute atomic E-state index is 12.8. The van der Waals surface area contributed by atoms with Crippen molar-refractivity contribution in [2.24, 2.45) is 5.92 Å². The number of ether oxygens (including phenoxy) is 1. The number of carbonyl (C=O) groups excluding carboxylic acids is 1. The summed E-state index contributed by atoms with van der Waals surface area (Å²) in [6.07, 6.45) is 3.26. The molecular weight excluding hydrogens is 372 g/mol. The number of likely N-dealkylation sites (tertiary alicyclic amines) is 2. The Bertz CT molecular complexity index is 807. The molecule has 2 aromatic rings. The van der Waals surface area contributed by atoms with Crippen LogP contribution in [0.4, 0.5) is 5.13 Å². The summed E-state index contributed by atoms with van der Waals surface area (Å²) in [7, 11) is 3.83. The Hall–Kier alpha value is -1.96. The predicted molar refractivity (Wildman–Crippen MR) is 113 cm³/mol. The number of nitrogens with one attached hydrogen (secondary N) is 1. The van der Waals surface area contributed by atoms with E-state index in [0.717, 1.165) is 56.0 Å². The van der Waals surface area contributed by atoms with E-state index in [2.05, 4.69) is 27.1 Å². The average Bonchev–Trinajstić information content (AvgIpc) is 3.37. The minimum atomic E-state index is 0.0491. The minimum Gasteiger partial charge on any atom is -0.497 e. The summed E-state index contributed by atoms with van der Waals surface area (Å²) in [6, 6.07) is 8.41. The van der Waals surface area contributed by atoms with Crippen molar-refractivity contribution >= 4 is 22.4 Å². The number of carbonyl (C=O) groups is 1. The van der Waals surface area contributed by atoms with Gasteiger partial charge in [-0.15, -0.1) is 11.3 Å². The molecule has 150 valence electrons. The van der Waals surface area contributed by atoms with Crippen LogP contribution in [0.3, 0.4) is 0 Å². The second kappa shape index (κ2) is 8.59. The maximum Gasteiger partial charge on any atom is 0.230 e. The van der Waals surface area contributed by atoms with E-state index in [1.165, 1.54) is 17.8 Å². The fourth-order valence-corrected chi connectivity index (χ4v) is 4.92. The van der Waals surface area contributed by atoms with Gasteiger partial charge in [-0.1, -0.05) is 0 Å². The summed E-state index contributed by atoms with van der Waals surface area (Å²) in [4.78, 5) is 22.3. The van der Waals surface area contributed by atoms with Crippen molar-refractivity contribution in [2.45, 2.75) is 25.3 Å². The highest BCUT2D eigenvalue weighted by Crippen LogP contribution is 2.28. The molecule has 3 heterocycles. The Morgan fingerprint density at radius 2 is 2.04 bits per heavy atom. The molecular formula is C21H28N4O2S. The molecule has 2 atom stereocenters. The number of piperidine rings is 1. The van der Waals surface area contributed by atoms with Crippen LogP contribution in [0.15, 0.2) is 29.6 Å². The number of benzene rings is 1. The van der Waals surface area contributed by atoms with Crippen molar-refractivity contribution in [1.29, 1.82) is 0 Å². The van der Waals surface area contributed by atoms with Crippen molar-refractivity contribution in [3.05, 3.63) is 29.6 Å². The van der Waals surface area contributed by atoms with Crippen LogP contribution in [-0.2, 0) is 4.79 Å². The number of rotatable bonds is 5. The zero-order valence-electron chi connectivity index (χ0n) is 16.6. The SMILES string of the molecule is COc1ccc(-c2csc(NC(=O)C3CCCN(C4CCN(C)C4)C3)n2)cc1. The van der Waals surface area contributed by atoms with Crippen molar-refractivity contribution < 1.29 is 9.53 Å². The Labute approximate surface area is 170 Å². The van der Waals surface area contributed by atoms with Crippen LogP contribution in [0.2, 0.25) is 0 Å². The third kappa shape index (κ3) is 4.37. The molecule has 1 amide bonds. The van der Waals surface area contributed by atoms with Crippen LogP contribution in [0.1, 0.15) is 19.3 Å². The molecule has 28 heavy (non-hydrogen) atoms. The Kier molecular flexibility index (Phi) is 5.94. The molecule has 1 aromatic heterocycles. The van der Waals surface area contributed by atoms with Crippen LogP contribution < -0.4 is 10.1 Å². The fourth-order valence-electron chi connectivity index (χ4n) is 4.19. The first-order valence-electron chi connectivity index (χ1n) is 9.96. The normalized spacial score (nSPS) is 23.6. The molecule has 6 nitrogen and oxygen atoms in total. The van der Waals surface area contributed by atoms with Gasteiger partial charge in [-0.3, -0.25) is 9.69 Å². The summed E-state index contributed by atoms with van der Waals surface area (Å²) < 4.78 is 5.20. The molecule has 2 aliphatic heterocycles. The van der Waals surface area contributed by atoms with Crippen LogP contribution >= 0.6 is 11.3 Å². The van der Waals surface area contributed by atoms with Crippen LogP contribution in [0.5, 0.6) is 5.75 Å². The van der Waals surface area contributed by atoms with E-state index in [1.54, 1.807) is 7.11 Å². The molecule has 0 aliphatic carbocycles. The topological polar surface area (TPSA) is 57.7 Å². The molecule has 1 N–H and O–H groups in total. The molecule has 2 unspecified atom stereocenters. The van der Waals surface area contributed by atoms with Gasteiger partial charge < -0.3 is 15.0 Å². The lowest BCUT2D eigenvalue weighted by atomic mass is 9.95. The number of anilines is 1. The van der Waals surface area contributed by atoms with Gasteiger partial charge in [-0.2, -0.15) is 0 Å². The average molecular weight is 401 g/mol. The first-order valence-corrected chi connectivity index (χ1v) is 10.8. The van der Waals surface area contributed by atoms with Crippen molar-refractivity contribution in [1.82, 2.24) is 14.8 Å². The van der Waals surface area contributed by atoms with Gasteiger partial charge in [0, 0.05) is 30.1 Å². The van der Waals surface area contributed by atoms with E-state index in [0.29, 0.717) is 11.2 Å². The third-order valence-electron chi connectivity index (χ3n) is 5.83. The number of amides is 1. The molecule has 2 saturated heterocycles. The highest BCUT2D eigenvalue weighted by molar-refractivity contribution is 7.14. The van der Waals surface area contributed by atoms with Gasteiger partial charge in [-0.05, 0) is 63.7 Å². The first kappa shape index (κ1) is 19.4. The lowest BCUT2D eigenvalue weighted by Gasteiger charge is -2.36. The summed E-state index contributed by atoms with van der Waals surface area (Å²) >= 11 is 1.48. The number of hydrogen-bond donors (Lipinski definition) is 1. The number of aromatic nitrogens is 1. The summed E-state index contributed by atoms with van der Waals surface area (Å²) in [5.41, 5.74) is 1.90. The molecule has 0 spiro atoms. The van der Waals surface area contributed by atoms with Gasteiger partial charge >= 0.3 is 0 Å². The quantitative estimate of drug-likeness (QED) is 0.835. The smallest absolute Gasteiger partial charge is 0.230 e. The second-order valence-electron chi connectivity index (χ2n) is 7.79. The van der Waals surface area contributed by atoms with Crippen LogP contribution in [0, 0.1) is 5.92 Å². The number of thiazole rings is 1. The largest absolute Gasteiger partial charge is 0.497 e. The molecule has 0 radical (unpaired) electrons. The minimum absolute atomic E-state index is 0.0491. The zero-order chi connectivity index (χ0) is 19.5. The van der Waals surface area contributed by atoms with Crippen molar-refractivity contribution in [2.75, 3.05) is 45.7 Å². The molecule has 0 bridgehead atoms. The molecule has 4 rings (SSSR count). The highest BCUT2D eigenvalue weighted by Gasteiger charge is 2.32. The van der Waals surface area contributed by atoms with Gasteiger partial charge in [-0.25, -0.2) is 4.98 Å². The summed E-state index contributed by atoms with van der Waals surface area (Å²) in [5, 5.41) is 5.71. The van der Waals surface area contributed by atoms with Gasteiger partial charge in [0.2, 0.25) is 5.91 Å². The second-order valence-corrected chi connectivity index (χ2v) is 8.65. The molecule has 7 heteroatoms. The van der Waals surface area contributed by atoms with Crippen LogP contribution in [-0.4, -0.2) is 67.1 Å². The fraction of sp³-hybridized carbons (Fsp3) is 0.524. The maximum atomic E-state index is 12.8. The molecule has 2 fully saturated rings. The summed E-state index contributed by atoms with van der Waals surface area (Å²) in [5.74, 6) is 0.975. The number of likely N-dealkylation sites (N-methyl/N-ethyl adjacent to an activating group) is 1. The monoisotopic (exact) mass is 400 g/mol. The lowest BCUT2D eigenvalue weighted by molar-refractivity contribution is -0.121. The number of nitrogens with zero attached hydrogens (tertiary/aromatic N) is 3. The van der Waals surface area contributed by atoms with E-state index in [4.69, 9.17) is 4.74 Å². The van der Waals surface area contributed by atoms with Crippen molar-refractivity contribution in [3.63, 3.8) is 0 Å². The predicted octanol–water partition coefficient (Wildman–Crippen LogP) is 3.17. The van der Waals surface area contributed by atoms with Gasteiger partial charge in [0.15, 0.2) is 5.13 Å². The first-order chi connectivity index (χ1) is 13.6. The molecule has 1 aromatic carbocycles. The standard InChI is InChI=1S/C21H28N4O2S/c1-24-11-9-17(13-24)25-10-3-4-16(12-25)20(26)23-21-22-19(14-28-21)15-5-7-18(27-2)8-6-15/h5-8,14,16-17H,3-4,9-13H2,1-2H3,(H,22,23,26). The summed E-state index contributed by atoms with van der Waals surface area (Å²) in [6.45, 7) is 4.25. The lowest BCUT2D eigenvalue weighted by Crippen LogP contribution is -2.46. The number of hydrogen-bond acceptors (Lipinski definition) is 6.